The maximum absolute atomic E-state index is 12.1. The number of nitrogens with one attached hydrogen (secondary N) is 1. The molecule has 0 atom stereocenters. The van der Waals surface area contributed by atoms with Crippen molar-refractivity contribution in [2.24, 2.45) is 0 Å². The van der Waals surface area contributed by atoms with Gasteiger partial charge in [-0.1, -0.05) is 53.9 Å². The van der Waals surface area contributed by atoms with E-state index in [2.05, 4.69) is 15.5 Å². The van der Waals surface area contributed by atoms with Gasteiger partial charge in [0.2, 0.25) is 5.82 Å². The molecule has 28 heavy (non-hydrogen) atoms. The van der Waals surface area contributed by atoms with Crippen molar-refractivity contribution in [1.29, 1.82) is 0 Å². The first-order chi connectivity index (χ1) is 13.7. The molecule has 1 aromatic heterocycles. The molecule has 3 aromatic rings. The lowest BCUT2D eigenvalue weighted by Gasteiger charge is -2.13. The topological polar surface area (TPSA) is 77.2 Å². The van der Waals surface area contributed by atoms with Gasteiger partial charge in [-0.15, -0.1) is 0 Å². The van der Waals surface area contributed by atoms with Crippen LogP contribution in [0.15, 0.2) is 53.1 Å². The Hall–Kier alpha value is -2.86. The summed E-state index contributed by atoms with van der Waals surface area (Å²) in [6, 6.07) is 14.8. The maximum Gasteiger partial charge on any atom is 0.262 e. The number of benzene rings is 2. The predicted molar refractivity (Wildman–Crippen MR) is 106 cm³/mol. The fraction of sp³-hybridized carbons (Fsp3) is 0.286. The summed E-state index contributed by atoms with van der Waals surface area (Å²) < 4.78 is 11.2. The molecule has 0 bridgehead atoms. The van der Waals surface area contributed by atoms with E-state index >= 15 is 0 Å². The molecule has 1 fully saturated rings. The van der Waals surface area contributed by atoms with Gasteiger partial charge in [0.1, 0.15) is 5.75 Å². The fourth-order valence-corrected chi connectivity index (χ4v) is 3.56. The van der Waals surface area contributed by atoms with Crippen LogP contribution in [0.3, 0.4) is 0 Å². The van der Waals surface area contributed by atoms with Crippen LogP contribution in [0.25, 0.3) is 22.8 Å². The third-order valence-corrected chi connectivity index (χ3v) is 5.07. The average Bonchev–Trinajstić information content (AvgIpc) is 3.39. The van der Waals surface area contributed by atoms with Crippen molar-refractivity contribution < 1.29 is 14.1 Å². The van der Waals surface area contributed by atoms with Crippen LogP contribution in [0.5, 0.6) is 5.75 Å². The van der Waals surface area contributed by atoms with Crippen LogP contribution in [0.4, 0.5) is 0 Å². The molecule has 1 aliphatic rings. The summed E-state index contributed by atoms with van der Waals surface area (Å²) >= 11 is 6.21. The third kappa shape index (κ3) is 4.17. The van der Waals surface area contributed by atoms with E-state index in [9.17, 15) is 4.79 Å². The standard InChI is InChI=1S/C21H20ClN3O3/c22-17-11-5-3-9-15(17)20-24-21(28-25-20)16-10-4-6-12-18(16)27-13-19(26)23-14-7-1-2-8-14/h3-6,9-12,14H,1-2,7-8,13H2,(H,23,26). The van der Waals surface area contributed by atoms with Crippen LogP contribution in [0.2, 0.25) is 5.02 Å². The minimum atomic E-state index is -0.121. The molecule has 0 aliphatic heterocycles. The zero-order valence-corrected chi connectivity index (χ0v) is 16.0. The highest BCUT2D eigenvalue weighted by Gasteiger charge is 2.19. The SMILES string of the molecule is O=C(COc1ccccc1-c1nc(-c2ccccc2Cl)no1)NC1CCCC1. The van der Waals surface area contributed by atoms with E-state index in [0.717, 1.165) is 12.8 Å². The van der Waals surface area contributed by atoms with Gasteiger partial charge in [-0.25, -0.2) is 0 Å². The maximum atomic E-state index is 12.1. The number of rotatable bonds is 6. The highest BCUT2D eigenvalue weighted by Crippen LogP contribution is 2.32. The second-order valence-corrected chi connectivity index (χ2v) is 7.14. The van der Waals surface area contributed by atoms with E-state index in [-0.39, 0.29) is 18.6 Å². The van der Waals surface area contributed by atoms with E-state index in [1.807, 2.05) is 36.4 Å². The minimum absolute atomic E-state index is 0.0565. The molecule has 2 aromatic carbocycles. The second-order valence-electron chi connectivity index (χ2n) is 6.74. The molecule has 1 amide bonds. The number of para-hydroxylation sites is 1. The van der Waals surface area contributed by atoms with E-state index < -0.39 is 0 Å². The molecule has 1 heterocycles. The normalized spacial score (nSPS) is 14.2. The van der Waals surface area contributed by atoms with Gasteiger partial charge in [0.15, 0.2) is 6.61 Å². The van der Waals surface area contributed by atoms with Gasteiger partial charge in [-0.05, 0) is 37.1 Å². The molecule has 1 saturated carbocycles. The van der Waals surface area contributed by atoms with E-state index in [1.54, 1.807) is 12.1 Å². The highest BCUT2D eigenvalue weighted by atomic mass is 35.5. The van der Waals surface area contributed by atoms with Crippen molar-refractivity contribution in [3.8, 4) is 28.6 Å². The molecule has 0 unspecified atom stereocenters. The number of nitrogens with zero attached hydrogens (tertiary/aromatic N) is 2. The highest BCUT2D eigenvalue weighted by molar-refractivity contribution is 6.33. The second kappa shape index (κ2) is 8.44. The molecular weight excluding hydrogens is 378 g/mol. The van der Waals surface area contributed by atoms with Crippen molar-refractivity contribution in [1.82, 2.24) is 15.5 Å². The van der Waals surface area contributed by atoms with Gasteiger partial charge in [-0.3, -0.25) is 4.79 Å². The summed E-state index contributed by atoms with van der Waals surface area (Å²) in [5.74, 6) is 1.10. The van der Waals surface area contributed by atoms with Gasteiger partial charge in [-0.2, -0.15) is 4.98 Å². The lowest BCUT2D eigenvalue weighted by molar-refractivity contribution is -0.123. The lowest BCUT2D eigenvalue weighted by Crippen LogP contribution is -2.36. The Kier molecular flexibility index (Phi) is 5.58. The van der Waals surface area contributed by atoms with Gasteiger partial charge in [0.25, 0.3) is 11.8 Å². The predicted octanol–water partition coefficient (Wildman–Crippen LogP) is 4.49. The molecular formula is C21H20ClN3O3. The number of ether oxygens (including phenoxy) is 1. The van der Waals surface area contributed by atoms with E-state index in [0.29, 0.717) is 33.6 Å². The Bertz CT molecular complexity index is 967. The number of carbonyl (C=O) groups excluding carboxylic acids is 1. The number of halogens is 1. The van der Waals surface area contributed by atoms with Crippen molar-refractivity contribution in [2.75, 3.05) is 6.61 Å². The largest absolute Gasteiger partial charge is 0.483 e. The number of amides is 1. The first-order valence-corrected chi connectivity index (χ1v) is 9.68. The molecule has 0 radical (unpaired) electrons. The zero-order chi connectivity index (χ0) is 19.3. The van der Waals surface area contributed by atoms with Crippen LogP contribution in [-0.4, -0.2) is 28.7 Å². The van der Waals surface area contributed by atoms with Crippen molar-refractivity contribution in [3.05, 3.63) is 53.6 Å². The summed E-state index contributed by atoms with van der Waals surface area (Å²) in [5, 5.41) is 7.58. The third-order valence-electron chi connectivity index (χ3n) is 4.74. The molecule has 6 nitrogen and oxygen atoms in total. The van der Waals surface area contributed by atoms with Gasteiger partial charge in [0.05, 0.1) is 10.6 Å². The van der Waals surface area contributed by atoms with Crippen LogP contribution in [0.1, 0.15) is 25.7 Å². The lowest BCUT2D eigenvalue weighted by atomic mass is 10.2. The number of hydrogen-bond acceptors (Lipinski definition) is 5. The Morgan fingerprint density at radius 3 is 2.61 bits per heavy atom. The first kappa shape index (κ1) is 18.5. The summed E-state index contributed by atoms with van der Waals surface area (Å²) in [5.41, 5.74) is 1.32. The molecule has 0 spiro atoms. The Morgan fingerprint density at radius 1 is 1.11 bits per heavy atom. The summed E-state index contributed by atoms with van der Waals surface area (Å²) in [6.07, 6.45) is 4.41. The average molecular weight is 398 g/mol. The van der Waals surface area contributed by atoms with Crippen molar-refractivity contribution in [3.63, 3.8) is 0 Å². The van der Waals surface area contributed by atoms with Gasteiger partial charge >= 0.3 is 0 Å². The van der Waals surface area contributed by atoms with E-state index in [1.165, 1.54) is 12.8 Å². The first-order valence-electron chi connectivity index (χ1n) is 9.31. The molecule has 144 valence electrons. The van der Waals surface area contributed by atoms with Crippen molar-refractivity contribution >= 4 is 17.5 Å². The molecule has 0 saturated heterocycles. The van der Waals surface area contributed by atoms with Gasteiger partial charge < -0.3 is 14.6 Å². The minimum Gasteiger partial charge on any atom is -0.483 e. The Labute approximate surface area is 167 Å². The quantitative estimate of drug-likeness (QED) is 0.662. The summed E-state index contributed by atoms with van der Waals surface area (Å²) in [4.78, 5) is 16.6. The smallest absolute Gasteiger partial charge is 0.262 e. The van der Waals surface area contributed by atoms with Crippen molar-refractivity contribution in [2.45, 2.75) is 31.7 Å². The monoisotopic (exact) mass is 397 g/mol. The fourth-order valence-electron chi connectivity index (χ4n) is 3.34. The molecule has 7 heteroatoms. The van der Waals surface area contributed by atoms with Gasteiger partial charge in [0, 0.05) is 11.6 Å². The molecule has 4 rings (SSSR count). The van der Waals surface area contributed by atoms with Crippen LogP contribution >= 0.6 is 11.6 Å². The van der Waals surface area contributed by atoms with Crippen LogP contribution in [0, 0.1) is 0 Å². The van der Waals surface area contributed by atoms with Crippen LogP contribution < -0.4 is 10.1 Å². The molecule has 1 aliphatic carbocycles. The summed E-state index contributed by atoms with van der Waals surface area (Å²) in [6.45, 7) is -0.0565. The number of carbonyl (C=O) groups is 1. The molecule has 1 N–H and O–H groups in total. The number of aromatic nitrogens is 2. The van der Waals surface area contributed by atoms with Crippen LogP contribution in [-0.2, 0) is 4.79 Å². The Balaban J connectivity index is 1.49. The number of hydrogen-bond donors (Lipinski definition) is 1. The van der Waals surface area contributed by atoms with E-state index in [4.69, 9.17) is 20.9 Å². The Morgan fingerprint density at radius 2 is 1.82 bits per heavy atom. The zero-order valence-electron chi connectivity index (χ0n) is 15.2. The summed E-state index contributed by atoms with van der Waals surface area (Å²) in [7, 11) is 0.